The summed E-state index contributed by atoms with van der Waals surface area (Å²) in [6.45, 7) is 7.76. The van der Waals surface area contributed by atoms with E-state index < -0.39 is 0 Å². The normalized spacial score (nSPS) is 15.9. The van der Waals surface area contributed by atoms with Crippen molar-refractivity contribution >= 4 is 0 Å². The van der Waals surface area contributed by atoms with E-state index in [0.29, 0.717) is 6.04 Å². The van der Waals surface area contributed by atoms with Crippen LogP contribution in [0.4, 0.5) is 0 Å². The second-order valence-electron chi connectivity index (χ2n) is 4.60. The number of ether oxygens (including phenoxy) is 1. The Hall–Kier alpha value is -0.0800. The van der Waals surface area contributed by atoms with E-state index in [1.54, 1.807) is 7.11 Å². The van der Waals surface area contributed by atoms with Gasteiger partial charge >= 0.3 is 0 Å². The van der Waals surface area contributed by atoms with Crippen molar-refractivity contribution in [1.29, 1.82) is 0 Å². The highest BCUT2D eigenvalue weighted by Gasteiger charge is 2.12. The molecule has 0 saturated heterocycles. The Morgan fingerprint density at radius 3 is 2.14 bits per heavy atom. The second-order valence-corrected chi connectivity index (χ2v) is 4.60. The summed E-state index contributed by atoms with van der Waals surface area (Å²) in [5.74, 6) is 1.51. The summed E-state index contributed by atoms with van der Waals surface area (Å²) in [5.41, 5.74) is 0. The van der Waals surface area contributed by atoms with Gasteiger partial charge < -0.3 is 10.1 Å². The van der Waals surface area contributed by atoms with Crippen molar-refractivity contribution in [3.63, 3.8) is 0 Å². The average Bonchev–Trinajstić information content (AvgIpc) is 2.15. The number of rotatable bonds is 8. The highest BCUT2D eigenvalue weighted by atomic mass is 16.5. The number of hydrogen-bond acceptors (Lipinski definition) is 2. The van der Waals surface area contributed by atoms with Gasteiger partial charge in [-0.1, -0.05) is 20.8 Å². The predicted octanol–water partition coefficient (Wildman–Crippen LogP) is 2.68. The zero-order chi connectivity index (χ0) is 11.0. The molecule has 0 saturated carbocycles. The molecule has 0 bridgehead atoms. The van der Waals surface area contributed by atoms with Crippen molar-refractivity contribution in [2.24, 2.45) is 11.8 Å². The van der Waals surface area contributed by atoms with Crippen molar-refractivity contribution in [1.82, 2.24) is 5.32 Å². The SMILES string of the molecule is CNC(CCC(C)CCOC)C(C)C. The van der Waals surface area contributed by atoms with Crippen LogP contribution in [-0.2, 0) is 4.74 Å². The highest BCUT2D eigenvalue weighted by Crippen LogP contribution is 2.15. The van der Waals surface area contributed by atoms with E-state index >= 15 is 0 Å². The summed E-state index contributed by atoms with van der Waals surface area (Å²) >= 11 is 0. The molecule has 2 atom stereocenters. The van der Waals surface area contributed by atoms with Crippen LogP contribution in [0.3, 0.4) is 0 Å². The maximum atomic E-state index is 5.08. The first-order chi connectivity index (χ1) is 6.61. The maximum Gasteiger partial charge on any atom is 0.0464 e. The van der Waals surface area contributed by atoms with E-state index in [1.807, 2.05) is 0 Å². The van der Waals surface area contributed by atoms with Crippen molar-refractivity contribution in [3.05, 3.63) is 0 Å². The molecule has 0 radical (unpaired) electrons. The van der Waals surface area contributed by atoms with Gasteiger partial charge in [-0.25, -0.2) is 0 Å². The fraction of sp³-hybridized carbons (Fsp3) is 1.00. The van der Waals surface area contributed by atoms with Gasteiger partial charge in [0.25, 0.3) is 0 Å². The minimum absolute atomic E-state index is 0.667. The van der Waals surface area contributed by atoms with Crippen molar-refractivity contribution in [3.8, 4) is 0 Å². The first-order valence-corrected chi connectivity index (χ1v) is 5.78. The standard InChI is InChI=1S/C12H27NO/c1-10(2)12(13-4)7-6-11(3)8-9-14-5/h10-13H,6-9H2,1-5H3. The number of hydrogen-bond donors (Lipinski definition) is 1. The molecule has 0 fully saturated rings. The maximum absolute atomic E-state index is 5.08. The quantitative estimate of drug-likeness (QED) is 0.652. The van der Waals surface area contributed by atoms with Gasteiger partial charge in [0.05, 0.1) is 0 Å². The van der Waals surface area contributed by atoms with Crippen LogP contribution in [0.25, 0.3) is 0 Å². The Balaban J connectivity index is 3.57. The van der Waals surface area contributed by atoms with Crippen LogP contribution in [0.15, 0.2) is 0 Å². The molecule has 86 valence electrons. The van der Waals surface area contributed by atoms with Gasteiger partial charge in [0.2, 0.25) is 0 Å². The Morgan fingerprint density at radius 2 is 1.71 bits per heavy atom. The molecule has 0 rings (SSSR count). The second kappa shape index (κ2) is 8.25. The van der Waals surface area contributed by atoms with Gasteiger partial charge in [0.15, 0.2) is 0 Å². The van der Waals surface area contributed by atoms with Crippen LogP contribution in [-0.4, -0.2) is 26.8 Å². The molecule has 2 heteroatoms. The van der Waals surface area contributed by atoms with Gasteiger partial charge in [-0.15, -0.1) is 0 Å². The van der Waals surface area contributed by atoms with E-state index in [0.717, 1.165) is 18.4 Å². The monoisotopic (exact) mass is 201 g/mol. The Labute approximate surface area is 89.4 Å². The summed E-state index contributed by atoms with van der Waals surface area (Å²) < 4.78 is 5.08. The fourth-order valence-corrected chi connectivity index (χ4v) is 1.74. The zero-order valence-corrected chi connectivity index (χ0v) is 10.5. The van der Waals surface area contributed by atoms with Gasteiger partial charge in [-0.05, 0) is 38.1 Å². The first kappa shape index (κ1) is 13.9. The van der Waals surface area contributed by atoms with Gasteiger partial charge in [0, 0.05) is 19.8 Å². The lowest BCUT2D eigenvalue weighted by Crippen LogP contribution is -2.30. The summed E-state index contributed by atoms with van der Waals surface area (Å²) in [6.07, 6.45) is 3.76. The van der Waals surface area contributed by atoms with Crippen LogP contribution in [0.1, 0.15) is 40.0 Å². The van der Waals surface area contributed by atoms with E-state index in [1.165, 1.54) is 19.3 Å². The van der Waals surface area contributed by atoms with Crippen LogP contribution in [0.5, 0.6) is 0 Å². The minimum atomic E-state index is 0.667. The third-order valence-corrected chi connectivity index (χ3v) is 2.96. The fourth-order valence-electron chi connectivity index (χ4n) is 1.74. The van der Waals surface area contributed by atoms with Crippen LogP contribution in [0, 0.1) is 11.8 Å². The third-order valence-electron chi connectivity index (χ3n) is 2.96. The summed E-state index contributed by atoms with van der Waals surface area (Å²) in [7, 11) is 3.84. The van der Waals surface area contributed by atoms with E-state index in [2.05, 4.69) is 33.1 Å². The van der Waals surface area contributed by atoms with E-state index in [4.69, 9.17) is 4.74 Å². The Kier molecular flexibility index (Phi) is 8.20. The molecule has 2 unspecified atom stereocenters. The average molecular weight is 201 g/mol. The molecule has 0 aliphatic carbocycles. The van der Waals surface area contributed by atoms with Gasteiger partial charge in [0.1, 0.15) is 0 Å². The summed E-state index contributed by atoms with van der Waals surface area (Å²) in [5, 5.41) is 3.38. The van der Waals surface area contributed by atoms with Crippen molar-refractivity contribution < 1.29 is 4.74 Å². The van der Waals surface area contributed by atoms with Crippen molar-refractivity contribution in [2.45, 2.75) is 46.1 Å². The molecule has 0 heterocycles. The molecule has 0 spiro atoms. The highest BCUT2D eigenvalue weighted by molar-refractivity contribution is 4.69. The lowest BCUT2D eigenvalue weighted by molar-refractivity contribution is 0.176. The third kappa shape index (κ3) is 6.39. The van der Waals surface area contributed by atoms with Crippen LogP contribution < -0.4 is 5.32 Å². The predicted molar refractivity (Wildman–Crippen MR) is 62.6 cm³/mol. The molecule has 0 aliphatic rings. The zero-order valence-electron chi connectivity index (χ0n) is 10.5. The molecule has 0 aromatic carbocycles. The number of methoxy groups -OCH3 is 1. The largest absolute Gasteiger partial charge is 0.385 e. The van der Waals surface area contributed by atoms with Gasteiger partial charge in [-0.2, -0.15) is 0 Å². The summed E-state index contributed by atoms with van der Waals surface area (Å²) in [4.78, 5) is 0. The molecule has 2 nitrogen and oxygen atoms in total. The van der Waals surface area contributed by atoms with Gasteiger partial charge in [-0.3, -0.25) is 0 Å². The van der Waals surface area contributed by atoms with Crippen LogP contribution in [0.2, 0.25) is 0 Å². The summed E-state index contributed by atoms with van der Waals surface area (Å²) in [6, 6.07) is 0.667. The topological polar surface area (TPSA) is 21.3 Å². The first-order valence-electron chi connectivity index (χ1n) is 5.78. The Morgan fingerprint density at radius 1 is 1.07 bits per heavy atom. The van der Waals surface area contributed by atoms with Crippen LogP contribution >= 0.6 is 0 Å². The molecular weight excluding hydrogens is 174 g/mol. The molecule has 0 aliphatic heterocycles. The molecular formula is C12H27NO. The van der Waals surface area contributed by atoms with Crippen molar-refractivity contribution in [2.75, 3.05) is 20.8 Å². The molecule has 14 heavy (non-hydrogen) atoms. The smallest absolute Gasteiger partial charge is 0.0464 e. The van der Waals surface area contributed by atoms with E-state index in [-0.39, 0.29) is 0 Å². The lowest BCUT2D eigenvalue weighted by atomic mass is 9.93. The minimum Gasteiger partial charge on any atom is -0.385 e. The molecule has 0 amide bonds. The van der Waals surface area contributed by atoms with E-state index in [9.17, 15) is 0 Å². The molecule has 0 aromatic heterocycles. The number of nitrogens with one attached hydrogen (secondary N) is 1. The Bertz CT molecular complexity index is 125. The lowest BCUT2D eigenvalue weighted by Gasteiger charge is -2.21. The molecule has 0 aromatic rings. The molecule has 1 N–H and O–H groups in total.